The first kappa shape index (κ1) is 29.6. The van der Waals surface area contributed by atoms with Gasteiger partial charge in [0.15, 0.2) is 5.82 Å². The predicted octanol–water partition coefficient (Wildman–Crippen LogP) is 4.28. The number of hydrogen-bond donors (Lipinski definition) is 2. The van der Waals surface area contributed by atoms with Crippen LogP contribution in [0.5, 0.6) is 0 Å². The van der Waals surface area contributed by atoms with E-state index in [9.17, 15) is 19.1 Å². The molecular formula is C32H35FN6O5. The van der Waals surface area contributed by atoms with E-state index < -0.39 is 18.5 Å². The minimum Gasteiger partial charge on any atom is -0.388 e. The molecule has 3 heterocycles. The van der Waals surface area contributed by atoms with Crippen LogP contribution in [0.1, 0.15) is 61.9 Å². The Hall–Kier alpha value is -4.42. The van der Waals surface area contributed by atoms with E-state index >= 15 is 0 Å². The number of halogens is 1. The lowest BCUT2D eigenvalue weighted by molar-refractivity contribution is -0.0344. The number of aryl methyl sites for hydroxylation is 1. The largest absolute Gasteiger partial charge is 0.439 e. The van der Waals surface area contributed by atoms with Crippen LogP contribution < -0.4 is 11.3 Å². The average molecular weight is 603 g/mol. The van der Waals surface area contributed by atoms with Gasteiger partial charge in [-0.15, -0.1) is 0 Å². The number of nitrogens with zero attached hydrogens (tertiary/aromatic N) is 5. The van der Waals surface area contributed by atoms with Gasteiger partial charge in [0.2, 0.25) is 5.78 Å². The second-order valence-electron chi connectivity index (χ2n) is 11.3. The molecule has 0 radical (unpaired) electrons. The van der Waals surface area contributed by atoms with Crippen LogP contribution in [-0.4, -0.2) is 59.9 Å². The van der Waals surface area contributed by atoms with Crippen molar-refractivity contribution in [3.63, 3.8) is 0 Å². The van der Waals surface area contributed by atoms with Gasteiger partial charge in [-0.2, -0.15) is 10.1 Å². The van der Waals surface area contributed by atoms with Crippen molar-refractivity contribution in [3.05, 3.63) is 92.6 Å². The van der Waals surface area contributed by atoms with E-state index in [-0.39, 0.29) is 24.3 Å². The highest BCUT2D eigenvalue weighted by Gasteiger charge is 2.28. The van der Waals surface area contributed by atoms with Crippen LogP contribution >= 0.6 is 0 Å². The summed E-state index contributed by atoms with van der Waals surface area (Å²) in [5, 5.41) is 17.9. The van der Waals surface area contributed by atoms with Gasteiger partial charge in [-0.3, -0.25) is 18.9 Å². The molecule has 1 aliphatic rings. The zero-order valence-electron chi connectivity index (χ0n) is 24.5. The third kappa shape index (κ3) is 6.00. The van der Waals surface area contributed by atoms with Crippen molar-refractivity contribution < 1.29 is 18.8 Å². The van der Waals surface area contributed by atoms with Gasteiger partial charge in [0.25, 0.3) is 5.56 Å². The fraction of sp³-hybridized carbons (Fsp3) is 0.406. The van der Waals surface area contributed by atoms with Gasteiger partial charge in [-0.05, 0) is 48.8 Å². The van der Waals surface area contributed by atoms with Gasteiger partial charge in [0, 0.05) is 23.6 Å². The lowest BCUT2D eigenvalue weighted by atomic mass is 9.92. The summed E-state index contributed by atoms with van der Waals surface area (Å²) in [6.07, 6.45) is 5.08. The summed E-state index contributed by atoms with van der Waals surface area (Å²) in [6, 6.07) is 15.6. The summed E-state index contributed by atoms with van der Waals surface area (Å²) < 4.78 is 26.7. The van der Waals surface area contributed by atoms with Crippen molar-refractivity contribution in [3.8, 4) is 22.5 Å². The minimum absolute atomic E-state index is 0.0276. The molecule has 6 rings (SSSR count). The van der Waals surface area contributed by atoms with Crippen LogP contribution in [-0.2, 0) is 17.6 Å². The van der Waals surface area contributed by atoms with Crippen LogP contribution in [0, 0.1) is 0 Å². The molecule has 0 bridgehead atoms. The Morgan fingerprint density at radius 1 is 1.09 bits per heavy atom. The maximum absolute atomic E-state index is 14.2. The van der Waals surface area contributed by atoms with Gasteiger partial charge in [0.1, 0.15) is 19.1 Å². The third-order valence-corrected chi connectivity index (χ3v) is 8.29. The molecular weight excluding hydrogens is 567 g/mol. The Morgan fingerprint density at radius 3 is 2.52 bits per heavy atom. The molecule has 0 amide bonds. The van der Waals surface area contributed by atoms with Crippen LogP contribution in [0.15, 0.2) is 69.0 Å². The zero-order chi connectivity index (χ0) is 30.6. The van der Waals surface area contributed by atoms with Crippen molar-refractivity contribution >= 4 is 5.78 Å². The van der Waals surface area contributed by atoms with Gasteiger partial charge >= 0.3 is 5.76 Å². The number of hydrogen-bond acceptors (Lipinski definition) is 8. The SMILES string of the molecule is CCCc1c(Cc2ccc(-c3ccccc3-c3noc(=O)[nH]3)cc2)c(=O)n(C2CCC(OCC(O)CF)CC2)c2ncnn12. The number of benzene rings is 2. The smallest absolute Gasteiger partial charge is 0.388 e. The molecule has 3 aromatic heterocycles. The van der Waals surface area contributed by atoms with Crippen molar-refractivity contribution in [1.29, 1.82) is 0 Å². The molecule has 0 saturated heterocycles. The molecule has 1 fully saturated rings. The maximum Gasteiger partial charge on any atom is 0.439 e. The molecule has 44 heavy (non-hydrogen) atoms. The van der Waals surface area contributed by atoms with E-state index in [0.29, 0.717) is 55.7 Å². The standard InChI is InChI=1S/C32H35FN6O5/c1-2-5-28-27(16-20-8-10-21(11-9-20)25-6-3-4-7-26(25)29-36-32(42)44-37-29)30(41)38(31-34-19-35-39(28)31)22-12-14-24(15-13-22)43-18-23(40)17-33/h3-4,6-11,19,22-24,40H,2,5,12-18H2,1H3,(H,36,37,42). The molecule has 0 spiro atoms. The van der Waals surface area contributed by atoms with E-state index in [1.165, 1.54) is 6.33 Å². The lowest BCUT2D eigenvalue weighted by Gasteiger charge is -2.31. The van der Waals surface area contributed by atoms with E-state index in [1.807, 2.05) is 53.0 Å². The summed E-state index contributed by atoms with van der Waals surface area (Å²) in [5.74, 6) is 0.286. The minimum atomic E-state index is -1.11. The molecule has 230 valence electrons. The van der Waals surface area contributed by atoms with Crippen LogP contribution in [0.4, 0.5) is 4.39 Å². The Kier molecular flexibility index (Phi) is 8.80. The summed E-state index contributed by atoms with van der Waals surface area (Å²) >= 11 is 0. The molecule has 1 unspecified atom stereocenters. The summed E-state index contributed by atoms with van der Waals surface area (Å²) in [5.41, 5.74) is 5.05. The van der Waals surface area contributed by atoms with Gasteiger partial charge in [-0.25, -0.2) is 13.7 Å². The summed E-state index contributed by atoms with van der Waals surface area (Å²) in [6.45, 7) is 1.22. The normalized spacial score (nSPS) is 17.7. The van der Waals surface area contributed by atoms with E-state index in [1.54, 1.807) is 4.57 Å². The summed E-state index contributed by atoms with van der Waals surface area (Å²) in [7, 11) is 0. The number of rotatable bonds is 11. The molecule has 11 nitrogen and oxygen atoms in total. The molecule has 1 aliphatic carbocycles. The number of H-pyrrole nitrogens is 1. The second kappa shape index (κ2) is 13.1. The first-order chi connectivity index (χ1) is 21.5. The fourth-order valence-electron chi connectivity index (χ4n) is 6.13. The van der Waals surface area contributed by atoms with E-state index in [0.717, 1.165) is 34.4 Å². The highest BCUT2D eigenvalue weighted by Crippen LogP contribution is 2.32. The first-order valence-corrected chi connectivity index (χ1v) is 15.0. The zero-order valence-corrected chi connectivity index (χ0v) is 24.5. The molecule has 0 aliphatic heterocycles. The van der Waals surface area contributed by atoms with Gasteiger partial charge in [0.05, 0.1) is 18.4 Å². The monoisotopic (exact) mass is 602 g/mol. The van der Waals surface area contributed by atoms with Crippen LogP contribution in [0.2, 0.25) is 0 Å². The quantitative estimate of drug-likeness (QED) is 0.228. The predicted molar refractivity (Wildman–Crippen MR) is 161 cm³/mol. The Morgan fingerprint density at radius 2 is 1.84 bits per heavy atom. The fourth-order valence-corrected chi connectivity index (χ4v) is 6.13. The number of nitrogens with one attached hydrogen (secondary N) is 1. The number of aromatic amines is 1. The van der Waals surface area contributed by atoms with Crippen LogP contribution in [0.3, 0.4) is 0 Å². The number of aromatic nitrogens is 6. The topological polar surface area (TPSA) is 141 Å². The Balaban J connectivity index is 1.30. The molecule has 12 heteroatoms. The molecule has 2 N–H and O–H groups in total. The van der Waals surface area contributed by atoms with Crippen molar-refractivity contribution in [2.24, 2.45) is 0 Å². The number of aliphatic hydroxyl groups is 1. The Labute approximate surface area is 252 Å². The summed E-state index contributed by atoms with van der Waals surface area (Å²) in [4.78, 5) is 32.9. The number of aliphatic hydroxyl groups excluding tert-OH is 1. The number of fused-ring (bicyclic) bond motifs is 1. The lowest BCUT2D eigenvalue weighted by Crippen LogP contribution is -2.35. The maximum atomic E-state index is 14.2. The van der Waals surface area contributed by atoms with Gasteiger partial charge in [-0.1, -0.05) is 67.0 Å². The average Bonchev–Trinajstić information content (AvgIpc) is 3.72. The Bertz CT molecular complexity index is 1830. The molecule has 1 atom stereocenters. The molecule has 1 saturated carbocycles. The molecule has 2 aromatic carbocycles. The third-order valence-electron chi connectivity index (χ3n) is 8.29. The van der Waals surface area contributed by atoms with Crippen molar-refractivity contribution in [1.82, 2.24) is 29.3 Å². The second-order valence-corrected chi connectivity index (χ2v) is 11.3. The number of ether oxygens (including phenoxy) is 1. The molecule has 5 aromatic rings. The first-order valence-electron chi connectivity index (χ1n) is 15.0. The van der Waals surface area contributed by atoms with E-state index in [4.69, 9.17) is 9.26 Å². The van der Waals surface area contributed by atoms with Gasteiger partial charge < -0.3 is 9.84 Å². The van der Waals surface area contributed by atoms with E-state index in [2.05, 4.69) is 27.1 Å². The highest BCUT2D eigenvalue weighted by molar-refractivity contribution is 5.80. The van der Waals surface area contributed by atoms with Crippen molar-refractivity contribution in [2.45, 2.75) is 70.1 Å². The van der Waals surface area contributed by atoms with Crippen molar-refractivity contribution in [2.75, 3.05) is 13.3 Å². The van der Waals surface area contributed by atoms with Crippen LogP contribution in [0.25, 0.3) is 28.3 Å². The number of alkyl halides is 1. The highest BCUT2D eigenvalue weighted by atomic mass is 19.1.